The number of hydrogen-bond acceptors (Lipinski definition) is 4. The maximum Gasteiger partial charge on any atom is 0.410 e. The smallest absolute Gasteiger partial charge is 0.410 e. The Morgan fingerprint density at radius 3 is 2.55 bits per heavy atom. The van der Waals surface area contributed by atoms with Crippen LogP contribution in [0.5, 0.6) is 0 Å². The molecule has 1 fully saturated rings. The van der Waals surface area contributed by atoms with E-state index in [-0.39, 0.29) is 6.09 Å². The number of carbonyl (C=O) groups excluding carboxylic acids is 1. The van der Waals surface area contributed by atoms with E-state index < -0.39 is 5.60 Å². The van der Waals surface area contributed by atoms with Crippen molar-refractivity contribution in [2.75, 3.05) is 20.1 Å². The van der Waals surface area contributed by atoms with Crippen LogP contribution in [0.2, 0.25) is 0 Å². The van der Waals surface area contributed by atoms with Crippen molar-refractivity contribution in [2.24, 2.45) is 0 Å². The summed E-state index contributed by atoms with van der Waals surface area (Å²) in [5, 5.41) is 2.13. The SMILES string of the molecule is C[C@H](c1cccs1)N(C)C1CCN(C(=O)OC(C)(C)C)CC1. The third-order valence-corrected chi connectivity index (χ3v) is 5.30. The molecular weight excluding hydrogens is 296 g/mol. The van der Waals surface area contributed by atoms with Crippen molar-refractivity contribution in [3.8, 4) is 0 Å². The van der Waals surface area contributed by atoms with Crippen LogP contribution in [0.1, 0.15) is 51.5 Å². The van der Waals surface area contributed by atoms with E-state index in [9.17, 15) is 4.79 Å². The van der Waals surface area contributed by atoms with E-state index in [2.05, 4.69) is 36.4 Å². The van der Waals surface area contributed by atoms with Gasteiger partial charge < -0.3 is 9.64 Å². The first-order valence-corrected chi connectivity index (χ1v) is 8.89. The fourth-order valence-corrected chi connectivity index (χ4v) is 3.66. The Morgan fingerprint density at radius 1 is 1.41 bits per heavy atom. The minimum Gasteiger partial charge on any atom is -0.444 e. The average Bonchev–Trinajstić information content (AvgIpc) is 2.98. The molecule has 0 radical (unpaired) electrons. The lowest BCUT2D eigenvalue weighted by Gasteiger charge is -2.39. The molecule has 0 saturated carbocycles. The Hall–Kier alpha value is -1.07. The van der Waals surface area contributed by atoms with Gasteiger partial charge in [-0.2, -0.15) is 0 Å². The molecule has 22 heavy (non-hydrogen) atoms. The van der Waals surface area contributed by atoms with Crippen LogP contribution < -0.4 is 0 Å². The topological polar surface area (TPSA) is 32.8 Å². The predicted octanol–water partition coefficient (Wildman–Crippen LogP) is 4.14. The highest BCUT2D eigenvalue weighted by Gasteiger charge is 2.30. The highest BCUT2D eigenvalue weighted by molar-refractivity contribution is 7.10. The third-order valence-electron chi connectivity index (χ3n) is 4.26. The van der Waals surface area contributed by atoms with Crippen LogP contribution in [0, 0.1) is 0 Å². The molecule has 124 valence electrons. The van der Waals surface area contributed by atoms with Crippen molar-refractivity contribution in [3.05, 3.63) is 22.4 Å². The van der Waals surface area contributed by atoms with Crippen LogP contribution in [-0.2, 0) is 4.74 Å². The summed E-state index contributed by atoms with van der Waals surface area (Å²) in [4.78, 5) is 17.8. The maximum absolute atomic E-state index is 12.1. The van der Waals surface area contributed by atoms with E-state index in [0.29, 0.717) is 12.1 Å². The Kier molecular flexibility index (Phi) is 5.50. The number of hydrogen-bond donors (Lipinski definition) is 0. The molecule has 0 aromatic carbocycles. The summed E-state index contributed by atoms with van der Waals surface area (Å²) in [5.74, 6) is 0. The quantitative estimate of drug-likeness (QED) is 0.837. The van der Waals surface area contributed by atoms with Gasteiger partial charge in [-0.3, -0.25) is 4.90 Å². The molecule has 1 saturated heterocycles. The first-order valence-electron chi connectivity index (χ1n) is 8.01. The molecule has 1 aliphatic rings. The number of rotatable bonds is 3. The van der Waals surface area contributed by atoms with Crippen LogP contribution in [-0.4, -0.2) is 47.7 Å². The largest absolute Gasteiger partial charge is 0.444 e. The molecule has 1 amide bonds. The van der Waals surface area contributed by atoms with Gasteiger partial charge in [0, 0.05) is 30.1 Å². The molecule has 5 heteroatoms. The molecule has 0 aliphatic carbocycles. The lowest BCUT2D eigenvalue weighted by Crippen LogP contribution is -2.47. The number of piperidine rings is 1. The van der Waals surface area contributed by atoms with Crippen molar-refractivity contribution in [1.29, 1.82) is 0 Å². The zero-order chi connectivity index (χ0) is 16.3. The van der Waals surface area contributed by atoms with Crippen LogP contribution >= 0.6 is 11.3 Å². The fourth-order valence-electron chi connectivity index (χ4n) is 2.83. The first kappa shape index (κ1) is 17.3. The molecule has 1 aromatic heterocycles. The van der Waals surface area contributed by atoms with Crippen molar-refractivity contribution in [1.82, 2.24) is 9.80 Å². The Balaban J connectivity index is 1.85. The minimum atomic E-state index is -0.418. The minimum absolute atomic E-state index is 0.181. The van der Waals surface area contributed by atoms with E-state index in [4.69, 9.17) is 4.74 Å². The lowest BCUT2D eigenvalue weighted by atomic mass is 10.0. The van der Waals surface area contributed by atoms with Gasteiger partial charge in [0.05, 0.1) is 0 Å². The molecule has 2 heterocycles. The molecule has 1 atom stereocenters. The van der Waals surface area contributed by atoms with Crippen LogP contribution in [0.4, 0.5) is 4.79 Å². The van der Waals surface area contributed by atoms with Crippen LogP contribution in [0.15, 0.2) is 17.5 Å². The van der Waals surface area contributed by atoms with Crippen LogP contribution in [0.25, 0.3) is 0 Å². The lowest BCUT2D eigenvalue weighted by molar-refractivity contribution is 0.0138. The van der Waals surface area contributed by atoms with Gasteiger partial charge in [-0.1, -0.05) is 6.07 Å². The number of carbonyl (C=O) groups is 1. The van der Waals surface area contributed by atoms with Gasteiger partial charge >= 0.3 is 6.09 Å². The maximum atomic E-state index is 12.1. The zero-order valence-electron chi connectivity index (χ0n) is 14.3. The van der Waals surface area contributed by atoms with Gasteiger partial charge in [0.25, 0.3) is 0 Å². The third kappa shape index (κ3) is 4.46. The molecule has 1 aromatic rings. The summed E-state index contributed by atoms with van der Waals surface area (Å²) in [6, 6.07) is 5.26. The number of thiophene rings is 1. The molecule has 1 aliphatic heterocycles. The number of nitrogens with zero attached hydrogens (tertiary/aromatic N) is 2. The molecule has 2 rings (SSSR count). The van der Waals surface area contributed by atoms with E-state index in [1.807, 2.05) is 37.0 Å². The second kappa shape index (κ2) is 7.01. The molecule has 0 unspecified atom stereocenters. The highest BCUT2D eigenvalue weighted by atomic mass is 32.1. The average molecular weight is 324 g/mol. The standard InChI is InChI=1S/C17H28N2O2S/c1-13(15-7-6-12-22-15)18(5)14-8-10-19(11-9-14)16(20)21-17(2,3)4/h6-7,12-14H,8-11H2,1-5H3/t13-/m1/s1. The van der Waals surface area contributed by atoms with Gasteiger partial charge in [-0.25, -0.2) is 4.79 Å². The summed E-state index contributed by atoms with van der Waals surface area (Å²) in [6.07, 6.45) is 1.83. The summed E-state index contributed by atoms with van der Waals surface area (Å²) in [7, 11) is 2.19. The van der Waals surface area contributed by atoms with Gasteiger partial charge in [0.15, 0.2) is 0 Å². The molecule has 0 bridgehead atoms. The Morgan fingerprint density at radius 2 is 2.05 bits per heavy atom. The number of amides is 1. The highest BCUT2D eigenvalue weighted by Crippen LogP contribution is 2.28. The molecule has 0 spiro atoms. The van der Waals surface area contributed by atoms with Gasteiger partial charge in [-0.05, 0) is 59.0 Å². The molecule has 4 nitrogen and oxygen atoms in total. The zero-order valence-corrected chi connectivity index (χ0v) is 15.2. The Bertz CT molecular complexity index is 473. The van der Waals surface area contributed by atoms with E-state index >= 15 is 0 Å². The van der Waals surface area contributed by atoms with E-state index in [1.165, 1.54) is 4.88 Å². The summed E-state index contributed by atoms with van der Waals surface area (Å²) in [6.45, 7) is 9.55. The normalized spacial score (nSPS) is 18.5. The second-order valence-electron chi connectivity index (χ2n) is 7.06. The van der Waals surface area contributed by atoms with Crippen molar-refractivity contribution >= 4 is 17.4 Å². The summed E-state index contributed by atoms with van der Waals surface area (Å²) >= 11 is 1.81. The first-order chi connectivity index (χ1) is 10.3. The predicted molar refractivity (Wildman–Crippen MR) is 91.3 cm³/mol. The Labute approximate surface area is 138 Å². The summed E-state index contributed by atoms with van der Waals surface area (Å²) < 4.78 is 5.45. The second-order valence-corrected chi connectivity index (χ2v) is 8.03. The molecule has 0 N–H and O–H groups in total. The monoisotopic (exact) mass is 324 g/mol. The van der Waals surface area contributed by atoms with Gasteiger partial charge in [0.2, 0.25) is 0 Å². The number of ether oxygens (including phenoxy) is 1. The van der Waals surface area contributed by atoms with E-state index in [0.717, 1.165) is 25.9 Å². The number of likely N-dealkylation sites (tertiary alicyclic amines) is 1. The van der Waals surface area contributed by atoms with Crippen molar-refractivity contribution < 1.29 is 9.53 Å². The van der Waals surface area contributed by atoms with Crippen molar-refractivity contribution in [2.45, 2.75) is 58.2 Å². The van der Waals surface area contributed by atoms with Crippen LogP contribution in [0.3, 0.4) is 0 Å². The van der Waals surface area contributed by atoms with Gasteiger partial charge in [0.1, 0.15) is 5.60 Å². The van der Waals surface area contributed by atoms with Crippen molar-refractivity contribution in [3.63, 3.8) is 0 Å². The molecular formula is C17H28N2O2S. The van der Waals surface area contributed by atoms with Gasteiger partial charge in [-0.15, -0.1) is 11.3 Å². The fraction of sp³-hybridized carbons (Fsp3) is 0.706. The van der Waals surface area contributed by atoms with E-state index in [1.54, 1.807) is 0 Å². The summed E-state index contributed by atoms with van der Waals surface area (Å²) in [5.41, 5.74) is -0.418.